The molecule has 0 saturated carbocycles. The van der Waals surface area contributed by atoms with Crippen LogP contribution < -0.4 is 5.43 Å². The molecule has 0 unspecified atom stereocenters. The molecular weight excluding hydrogens is 240 g/mol. The SMILES string of the molecule is C=CCc1cccc(CC=C)c1NN1CCOC1=O. The van der Waals surface area contributed by atoms with Crippen LogP contribution >= 0.6 is 0 Å². The molecule has 4 heteroatoms. The molecule has 1 aromatic rings. The summed E-state index contributed by atoms with van der Waals surface area (Å²) in [5, 5.41) is 1.49. The van der Waals surface area contributed by atoms with E-state index in [9.17, 15) is 4.79 Å². The van der Waals surface area contributed by atoms with Crippen LogP contribution in [0.25, 0.3) is 0 Å². The Balaban J connectivity index is 2.30. The maximum atomic E-state index is 11.5. The van der Waals surface area contributed by atoms with E-state index in [0.29, 0.717) is 13.2 Å². The summed E-state index contributed by atoms with van der Waals surface area (Å²) in [6.45, 7) is 8.51. The topological polar surface area (TPSA) is 41.6 Å². The molecule has 4 nitrogen and oxygen atoms in total. The van der Waals surface area contributed by atoms with Crippen molar-refractivity contribution in [3.05, 3.63) is 54.6 Å². The Labute approximate surface area is 113 Å². The van der Waals surface area contributed by atoms with Crippen molar-refractivity contribution in [3.63, 3.8) is 0 Å². The van der Waals surface area contributed by atoms with Crippen LogP contribution in [0.1, 0.15) is 11.1 Å². The summed E-state index contributed by atoms with van der Waals surface area (Å²) in [5.74, 6) is 0. The number of nitrogens with zero attached hydrogens (tertiary/aromatic N) is 1. The third kappa shape index (κ3) is 2.96. The smallest absolute Gasteiger partial charge is 0.428 e. The van der Waals surface area contributed by atoms with Crippen LogP contribution in [-0.2, 0) is 17.6 Å². The predicted molar refractivity (Wildman–Crippen MR) is 75.9 cm³/mol. The summed E-state index contributed by atoms with van der Waals surface area (Å²) in [4.78, 5) is 11.5. The number of allylic oxidation sites excluding steroid dienone is 2. The zero-order chi connectivity index (χ0) is 13.7. The standard InChI is InChI=1S/C15H18N2O2/c1-3-6-12-8-5-9-13(7-4-2)14(12)16-17-10-11-19-15(17)18/h3-5,8-9,16H,1-2,6-7,10-11H2. The lowest BCUT2D eigenvalue weighted by Crippen LogP contribution is -2.31. The average Bonchev–Trinajstić information content (AvgIpc) is 2.79. The number of carbonyl (C=O) groups excluding carboxylic acids is 1. The Morgan fingerprint density at radius 2 is 1.89 bits per heavy atom. The molecule has 1 saturated heterocycles. The molecule has 1 aliphatic heterocycles. The van der Waals surface area contributed by atoms with Gasteiger partial charge in [0.1, 0.15) is 6.61 Å². The van der Waals surface area contributed by atoms with Crippen molar-refractivity contribution in [3.8, 4) is 0 Å². The van der Waals surface area contributed by atoms with Crippen LogP contribution in [0, 0.1) is 0 Å². The van der Waals surface area contributed by atoms with Gasteiger partial charge < -0.3 is 4.74 Å². The maximum Gasteiger partial charge on any atom is 0.428 e. The van der Waals surface area contributed by atoms with Gasteiger partial charge in [-0.15, -0.1) is 13.2 Å². The van der Waals surface area contributed by atoms with Gasteiger partial charge in [0.15, 0.2) is 0 Å². The number of amides is 1. The molecule has 0 bridgehead atoms. The molecule has 19 heavy (non-hydrogen) atoms. The highest BCUT2D eigenvalue weighted by Gasteiger charge is 2.23. The zero-order valence-corrected chi connectivity index (χ0v) is 10.9. The van der Waals surface area contributed by atoms with Gasteiger partial charge in [0.2, 0.25) is 0 Å². The monoisotopic (exact) mass is 258 g/mol. The van der Waals surface area contributed by atoms with Crippen molar-refractivity contribution in [2.75, 3.05) is 18.6 Å². The number of carbonyl (C=O) groups is 1. The van der Waals surface area contributed by atoms with E-state index in [4.69, 9.17) is 4.74 Å². The molecule has 1 fully saturated rings. The third-order valence-electron chi connectivity index (χ3n) is 2.97. The number of cyclic esters (lactones) is 1. The number of nitrogens with one attached hydrogen (secondary N) is 1. The van der Waals surface area contributed by atoms with Crippen molar-refractivity contribution in [1.82, 2.24) is 5.01 Å². The minimum absolute atomic E-state index is 0.335. The summed E-state index contributed by atoms with van der Waals surface area (Å²) >= 11 is 0. The normalized spacial score (nSPS) is 14.1. The fourth-order valence-corrected chi connectivity index (χ4v) is 2.08. The van der Waals surface area contributed by atoms with Crippen molar-refractivity contribution in [1.29, 1.82) is 0 Å². The molecule has 0 atom stereocenters. The second-order valence-corrected chi connectivity index (χ2v) is 4.31. The highest BCUT2D eigenvalue weighted by Crippen LogP contribution is 2.24. The molecular formula is C15H18N2O2. The molecule has 0 radical (unpaired) electrons. The van der Waals surface area contributed by atoms with E-state index < -0.39 is 0 Å². The van der Waals surface area contributed by atoms with Crippen LogP contribution in [0.4, 0.5) is 10.5 Å². The molecule has 0 spiro atoms. The lowest BCUT2D eigenvalue weighted by atomic mass is 10.0. The van der Waals surface area contributed by atoms with Crippen molar-refractivity contribution >= 4 is 11.8 Å². The van der Waals surface area contributed by atoms with E-state index in [-0.39, 0.29) is 6.09 Å². The second-order valence-electron chi connectivity index (χ2n) is 4.31. The van der Waals surface area contributed by atoms with Crippen LogP contribution in [0.2, 0.25) is 0 Å². The average molecular weight is 258 g/mol. The van der Waals surface area contributed by atoms with Crippen molar-refractivity contribution in [2.45, 2.75) is 12.8 Å². The number of ether oxygens (including phenoxy) is 1. The zero-order valence-electron chi connectivity index (χ0n) is 10.9. The minimum Gasteiger partial charge on any atom is -0.446 e. The van der Waals surface area contributed by atoms with Crippen LogP contribution in [-0.4, -0.2) is 24.3 Å². The first-order valence-corrected chi connectivity index (χ1v) is 6.29. The molecule has 0 aliphatic carbocycles. The lowest BCUT2D eigenvalue weighted by molar-refractivity contribution is 0.163. The molecule has 1 aliphatic rings. The fraction of sp³-hybridized carbons (Fsp3) is 0.267. The molecule has 1 aromatic carbocycles. The molecule has 1 N–H and O–H groups in total. The molecule has 1 heterocycles. The predicted octanol–water partition coefficient (Wildman–Crippen LogP) is 2.92. The second kappa shape index (κ2) is 6.09. The van der Waals surface area contributed by atoms with E-state index in [1.807, 2.05) is 30.4 Å². The van der Waals surface area contributed by atoms with E-state index >= 15 is 0 Å². The number of rotatable bonds is 6. The first kappa shape index (κ1) is 13.2. The van der Waals surface area contributed by atoms with Gasteiger partial charge in [-0.1, -0.05) is 30.4 Å². The summed E-state index contributed by atoms with van der Waals surface area (Å²) < 4.78 is 4.92. The summed E-state index contributed by atoms with van der Waals surface area (Å²) in [7, 11) is 0. The number of hydrogen-bond donors (Lipinski definition) is 1. The van der Waals surface area contributed by atoms with Crippen LogP contribution in [0.3, 0.4) is 0 Å². The molecule has 0 aromatic heterocycles. The largest absolute Gasteiger partial charge is 0.446 e. The fourth-order valence-electron chi connectivity index (χ4n) is 2.08. The quantitative estimate of drug-likeness (QED) is 0.798. The van der Waals surface area contributed by atoms with Crippen molar-refractivity contribution < 1.29 is 9.53 Å². The summed E-state index contributed by atoms with van der Waals surface area (Å²) in [6.07, 6.45) is 4.85. The molecule has 100 valence electrons. The van der Waals surface area contributed by atoms with E-state index in [2.05, 4.69) is 18.6 Å². The van der Waals surface area contributed by atoms with Gasteiger partial charge >= 0.3 is 6.09 Å². The van der Waals surface area contributed by atoms with Crippen molar-refractivity contribution in [2.24, 2.45) is 0 Å². The van der Waals surface area contributed by atoms with E-state index in [0.717, 1.165) is 29.7 Å². The Hall–Kier alpha value is -2.23. The lowest BCUT2D eigenvalue weighted by Gasteiger charge is -2.21. The number of hydrogen-bond acceptors (Lipinski definition) is 3. The number of benzene rings is 1. The van der Waals surface area contributed by atoms with Gasteiger partial charge in [0.05, 0.1) is 12.2 Å². The Morgan fingerprint density at radius 3 is 2.37 bits per heavy atom. The number of hydrazine groups is 1. The van der Waals surface area contributed by atoms with Gasteiger partial charge in [0.25, 0.3) is 0 Å². The van der Waals surface area contributed by atoms with Gasteiger partial charge in [-0.2, -0.15) is 0 Å². The van der Waals surface area contributed by atoms with E-state index in [1.54, 1.807) is 0 Å². The number of anilines is 1. The molecule has 2 rings (SSSR count). The van der Waals surface area contributed by atoms with Gasteiger partial charge in [-0.25, -0.2) is 9.80 Å². The highest BCUT2D eigenvalue weighted by molar-refractivity contribution is 5.72. The number of para-hydroxylation sites is 1. The first-order chi connectivity index (χ1) is 9.26. The van der Waals surface area contributed by atoms with E-state index in [1.165, 1.54) is 5.01 Å². The minimum atomic E-state index is -0.335. The van der Waals surface area contributed by atoms with Gasteiger partial charge in [-0.05, 0) is 24.0 Å². The van der Waals surface area contributed by atoms with Crippen LogP contribution in [0.15, 0.2) is 43.5 Å². The summed E-state index contributed by atoms with van der Waals surface area (Å²) in [6, 6.07) is 6.06. The third-order valence-corrected chi connectivity index (χ3v) is 2.97. The first-order valence-electron chi connectivity index (χ1n) is 6.29. The van der Waals surface area contributed by atoms with Crippen LogP contribution in [0.5, 0.6) is 0 Å². The van der Waals surface area contributed by atoms with Gasteiger partial charge in [0, 0.05) is 0 Å². The highest BCUT2D eigenvalue weighted by atomic mass is 16.6. The van der Waals surface area contributed by atoms with Gasteiger partial charge in [-0.3, -0.25) is 5.43 Å². The maximum absolute atomic E-state index is 11.5. The Bertz CT molecular complexity index is 469. The summed E-state index contributed by atoms with van der Waals surface area (Å²) in [5.41, 5.74) is 6.32. The Kier molecular flexibility index (Phi) is 4.23. The Morgan fingerprint density at radius 1 is 1.26 bits per heavy atom. The molecule has 1 amide bonds.